The van der Waals surface area contributed by atoms with Gasteiger partial charge in [0.25, 0.3) is 0 Å². The first-order chi connectivity index (χ1) is 6.07. The molecule has 1 aromatic heterocycles. The number of benzene rings is 1. The van der Waals surface area contributed by atoms with E-state index in [-0.39, 0.29) is 5.41 Å². The van der Waals surface area contributed by atoms with E-state index >= 15 is 0 Å². The summed E-state index contributed by atoms with van der Waals surface area (Å²) in [6.07, 6.45) is 0. The summed E-state index contributed by atoms with van der Waals surface area (Å²) in [5.41, 5.74) is 1.79. The molecule has 2 heteroatoms. The molecule has 0 radical (unpaired) electrons. The minimum atomic E-state index is -0.0149. The van der Waals surface area contributed by atoms with Crippen molar-refractivity contribution in [2.24, 2.45) is 0 Å². The normalized spacial score (nSPS) is 12.2. The Kier molecular flexibility index (Phi) is 1.65. The zero-order valence-corrected chi connectivity index (χ0v) is 8.16. The SMILES string of the molecule is CC(C)(C)c1nc2ccccc2o1. The van der Waals surface area contributed by atoms with Crippen molar-refractivity contribution in [3.05, 3.63) is 30.2 Å². The highest BCUT2D eigenvalue weighted by Gasteiger charge is 2.20. The lowest BCUT2D eigenvalue weighted by atomic mass is 9.97. The van der Waals surface area contributed by atoms with Crippen LogP contribution >= 0.6 is 0 Å². The molecule has 0 fully saturated rings. The van der Waals surface area contributed by atoms with Crippen molar-refractivity contribution in [2.45, 2.75) is 26.2 Å². The summed E-state index contributed by atoms with van der Waals surface area (Å²) in [7, 11) is 0. The second-order valence-electron chi connectivity index (χ2n) is 4.24. The van der Waals surface area contributed by atoms with Gasteiger partial charge in [-0.1, -0.05) is 32.9 Å². The van der Waals surface area contributed by atoms with Crippen LogP contribution in [0.4, 0.5) is 0 Å². The van der Waals surface area contributed by atoms with Gasteiger partial charge in [-0.15, -0.1) is 0 Å². The molecule has 0 aliphatic rings. The number of para-hydroxylation sites is 2. The van der Waals surface area contributed by atoms with Crippen molar-refractivity contribution in [2.75, 3.05) is 0 Å². The van der Waals surface area contributed by atoms with E-state index < -0.39 is 0 Å². The summed E-state index contributed by atoms with van der Waals surface area (Å²) in [4.78, 5) is 4.42. The summed E-state index contributed by atoms with van der Waals surface area (Å²) >= 11 is 0. The molecular formula is C11H13NO. The molecule has 0 bridgehead atoms. The van der Waals surface area contributed by atoms with E-state index in [1.807, 2.05) is 24.3 Å². The van der Waals surface area contributed by atoms with Crippen molar-refractivity contribution in [1.29, 1.82) is 0 Å². The van der Waals surface area contributed by atoms with Gasteiger partial charge in [0, 0.05) is 5.41 Å². The summed E-state index contributed by atoms with van der Waals surface area (Å²) < 4.78 is 5.62. The number of aromatic nitrogens is 1. The average molecular weight is 175 g/mol. The van der Waals surface area contributed by atoms with Crippen LogP contribution in [0.3, 0.4) is 0 Å². The van der Waals surface area contributed by atoms with Crippen molar-refractivity contribution >= 4 is 11.1 Å². The van der Waals surface area contributed by atoms with Gasteiger partial charge in [0.1, 0.15) is 5.52 Å². The minimum absolute atomic E-state index is 0.0149. The predicted octanol–water partition coefficient (Wildman–Crippen LogP) is 3.13. The lowest BCUT2D eigenvalue weighted by Gasteiger charge is -2.11. The molecule has 1 aromatic carbocycles. The van der Waals surface area contributed by atoms with Gasteiger partial charge in [-0.3, -0.25) is 0 Å². The fourth-order valence-corrected chi connectivity index (χ4v) is 1.19. The van der Waals surface area contributed by atoms with Gasteiger partial charge < -0.3 is 4.42 Å². The highest BCUT2D eigenvalue weighted by atomic mass is 16.3. The number of rotatable bonds is 0. The van der Waals surface area contributed by atoms with Crippen molar-refractivity contribution in [3.63, 3.8) is 0 Å². The number of nitrogens with zero attached hydrogens (tertiary/aromatic N) is 1. The van der Waals surface area contributed by atoms with Crippen LogP contribution < -0.4 is 0 Å². The van der Waals surface area contributed by atoms with Gasteiger partial charge in [-0.05, 0) is 12.1 Å². The minimum Gasteiger partial charge on any atom is -0.440 e. The highest BCUT2D eigenvalue weighted by molar-refractivity contribution is 5.72. The summed E-state index contributed by atoms with van der Waals surface area (Å²) in [6.45, 7) is 6.28. The number of hydrogen-bond acceptors (Lipinski definition) is 2. The molecule has 0 amide bonds. The van der Waals surface area contributed by atoms with Crippen LogP contribution in [0, 0.1) is 0 Å². The fourth-order valence-electron chi connectivity index (χ4n) is 1.19. The third kappa shape index (κ3) is 1.44. The molecule has 1 heterocycles. The summed E-state index contributed by atoms with van der Waals surface area (Å²) in [5, 5.41) is 0. The monoisotopic (exact) mass is 175 g/mol. The lowest BCUT2D eigenvalue weighted by molar-refractivity contribution is 0.411. The molecule has 0 spiro atoms. The average Bonchev–Trinajstić information content (AvgIpc) is 2.45. The van der Waals surface area contributed by atoms with Crippen molar-refractivity contribution in [1.82, 2.24) is 4.98 Å². The molecule has 0 aliphatic heterocycles. The van der Waals surface area contributed by atoms with Gasteiger partial charge in [0.05, 0.1) is 0 Å². The maximum absolute atomic E-state index is 5.62. The molecule has 0 saturated carbocycles. The molecular weight excluding hydrogens is 162 g/mol. The van der Waals surface area contributed by atoms with Crippen molar-refractivity contribution in [3.8, 4) is 0 Å². The van der Waals surface area contributed by atoms with Crippen LogP contribution in [0.2, 0.25) is 0 Å². The van der Waals surface area contributed by atoms with E-state index in [0.29, 0.717) is 0 Å². The summed E-state index contributed by atoms with van der Waals surface area (Å²) in [5.74, 6) is 0.800. The fraction of sp³-hybridized carbons (Fsp3) is 0.364. The van der Waals surface area contributed by atoms with Crippen LogP contribution in [-0.4, -0.2) is 4.98 Å². The Morgan fingerprint density at radius 2 is 1.85 bits per heavy atom. The smallest absolute Gasteiger partial charge is 0.200 e. The molecule has 2 aromatic rings. The Morgan fingerprint density at radius 1 is 1.15 bits per heavy atom. The Hall–Kier alpha value is -1.31. The Balaban J connectivity index is 2.63. The molecule has 13 heavy (non-hydrogen) atoms. The molecule has 0 saturated heterocycles. The predicted molar refractivity (Wildman–Crippen MR) is 52.7 cm³/mol. The van der Waals surface area contributed by atoms with Crippen LogP contribution in [-0.2, 0) is 5.41 Å². The number of oxazole rings is 1. The van der Waals surface area contributed by atoms with Crippen LogP contribution in [0.25, 0.3) is 11.1 Å². The molecule has 2 rings (SSSR count). The molecule has 2 nitrogen and oxygen atoms in total. The Morgan fingerprint density at radius 3 is 2.46 bits per heavy atom. The van der Waals surface area contributed by atoms with Crippen LogP contribution in [0.15, 0.2) is 28.7 Å². The second kappa shape index (κ2) is 2.59. The molecule has 0 aliphatic carbocycles. The van der Waals surface area contributed by atoms with Crippen molar-refractivity contribution < 1.29 is 4.42 Å². The first kappa shape index (κ1) is 8.30. The van der Waals surface area contributed by atoms with E-state index in [0.717, 1.165) is 17.0 Å². The zero-order valence-electron chi connectivity index (χ0n) is 8.16. The molecule has 0 unspecified atom stereocenters. The first-order valence-corrected chi connectivity index (χ1v) is 4.43. The van der Waals surface area contributed by atoms with Gasteiger partial charge in [-0.25, -0.2) is 4.98 Å². The van der Waals surface area contributed by atoms with E-state index in [4.69, 9.17) is 4.42 Å². The Labute approximate surface area is 77.6 Å². The van der Waals surface area contributed by atoms with E-state index in [1.165, 1.54) is 0 Å². The lowest BCUT2D eigenvalue weighted by Crippen LogP contribution is -2.10. The number of fused-ring (bicyclic) bond motifs is 1. The standard InChI is InChI=1S/C11H13NO/c1-11(2,3)10-12-8-6-4-5-7-9(8)13-10/h4-7H,1-3H3. The Bertz CT molecular complexity index is 390. The maximum Gasteiger partial charge on any atom is 0.200 e. The van der Waals surface area contributed by atoms with E-state index in [9.17, 15) is 0 Å². The van der Waals surface area contributed by atoms with E-state index in [1.54, 1.807) is 0 Å². The third-order valence-corrected chi connectivity index (χ3v) is 1.94. The van der Waals surface area contributed by atoms with E-state index in [2.05, 4.69) is 25.8 Å². The van der Waals surface area contributed by atoms with Crippen LogP contribution in [0.1, 0.15) is 26.7 Å². The molecule has 68 valence electrons. The van der Waals surface area contributed by atoms with Crippen LogP contribution in [0.5, 0.6) is 0 Å². The largest absolute Gasteiger partial charge is 0.440 e. The van der Waals surface area contributed by atoms with Gasteiger partial charge in [-0.2, -0.15) is 0 Å². The quantitative estimate of drug-likeness (QED) is 0.614. The molecule has 0 N–H and O–H groups in total. The van der Waals surface area contributed by atoms with Gasteiger partial charge in [0.2, 0.25) is 5.89 Å². The zero-order chi connectivity index (χ0) is 9.47. The highest BCUT2D eigenvalue weighted by Crippen LogP contribution is 2.25. The molecule has 0 atom stereocenters. The number of hydrogen-bond donors (Lipinski definition) is 0. The topological polar surface area (TPSA) is 26.0 Å². The second-order valence-corrected chi connectivity index (χ2v) is 4.24. The third-order valence-electron chi connectivity index (χ3n) is 1.94. The maximum atomic E-state index is 5.62. The van der Waals surface area contributed by atoms with Gasteiger partial charge >= 0.3 is 0 Å². The van der Waals surface area contributed by atoms with Gasteiger partial charge in [0.15, 0.2) is 5.58 Å². The summed E-state index contributed by atoms with van der Waals surface area (Å²) in [6, 6.07) is 7.84. The first-order valence-electron chi connectivity index (χ1n) is 4.43.